The Morgan fingerprint density at radius 2 is 2.15 bits per heavy atom. The number of aromatic nitrogens is 4. The van der Waals surface area contributed by atoms with Gasteiger partial charge >= 0.3 is 0 Å². The summed E-state index contributed by atoms with van der Waals surface area (Å²) in [6.07, 6.45) is 1.34. The van der Waals surface area contributed by atoms with Crippen LogP contribution >= 0.6 is 23.3 Å². The lowest BCUT2D eigenvalue weighted by Gasteiger charge is -2.06. The van der Waals surface area contributed by atoms with Gasteiger partial charge in [0.1, 0.15) is 16.2 Å². The van der Waals surface area contributed by atoms with Crippen molar-refractivity contribution in [2.45, 2.75) is 5.03 Å². The Balaban J connectivity index is 2.06. The van der Waals surface area contributed by atoms with Gasteiger partial charge in [0, 0.05) is 7.05 Å². The Labute approximate surface area is 123 Å². The molecule has 0 fully saturated rings. The molecule has 0 saturated heterocycles. The van der Waals surface area contributed by atoms with E-state index in [1.54, 1.807) is 25.2 Å². The van der Waals surface area contributed by atoms with Crippen molar-refractivity contribution in [3.63, 3.8) is 0 Å². The van der Waals surface area contributed by atoms with Crippen molar-refractivity contribution in [3.05, 3.63) is 29.7 Å². The van der Waals surface area contributed by atoms with Gasteiger partial charge in [0.15, 0.2) is 0 Å². The van der Waals surface area contributed by atoms with Crippen LogP contribution < -0.4 is 4.72 Å². The van der Waals surface area contributed by atoms with Crippen molar-refractivity contribution >= 4 is 50.1 Å². The summed E-state index contributed by atoms with van der Waals surface area (Å²) in [6.45, 7) is 0. The van der Waals surface area contributed by atoms with Crippen LogP contribution in [0.3, 0.4) is 0 Å². The molecular weight excluding hydrogens is 322 g/mol. The Kier molecular flexibility index (Phi) is 3.11. The van der Waals surface area contributed by atoms with Crippen molar-refractivity contribution in [2.24, 2.45) is 7.05 Å². The van der Waals surface area contributed by atoms with Crippen molar-refractivity contribution in [2.75, 3.05) is 4.72 Å². The molecule has 3 rings (SSSR count). The maximum atomic E-state index is 12.3. The number of anilines is 1. The van der Waals surface area contributed by atoms with Crippen molar-refractivity contribution < 1.29 is 8.42 Å². The van der Waals surface area contributed by atoms with E-state index in [0.29, 0.717) is 16.7 Å². The van der Waals surface area contributed by atoms with E-state index in [4.69, 9.17) is 11.6 Å². The van der Waals surface area contributed by atoms with E-state index in [9.17, 15) is 8.42 Å². The maximum absolute atomic E-state index is 12.3. The van der Waals surface area contributed by atoms with Gasteiger partial charge in [-0.05, 0) is 12.1 Å². The summed E-state index contributed by atoms with van der Waals surface area (Å²) < 4.78 is 36.5. The van der Waals surface area contributed by atoms with E-state index in [-0.39, 0.29) is 10.2 Å². The van der Waals surface area contributed by atoms with E-state index in [0.717, 1.165) is 11.7 Å². The predicted octanol–water partition coefficient (Wildman–Crippen LogP) is 1.88. The number of sulfonamides is 1. The van der Waals surface area contributed by atoms with Crippen LogP contribution in [0.5, 0.6) is 0 Å². The number of aryl methyl sites for hydroxylation is 1. The summed E-state index contributed by atoms with van der Waals surface area (Å²) in [6, 6.07) is 5.06. The Morgan fingerprint density at radius 3 is 2.85 bits per heavy atom. The highest BCUT2D eigenvalue weighted by molar-refractivity contribution is 7.92. The molecule has 0 aliphatic rings. The largest absolute Gasteiger partial charge is 0.324 e. The van der Waals surface area contributed by atoms with Crippen LogP contribution in [0.25, 0.3) is 11.0 Å². The first-order valence-corrected chi connectivity index (χ1v) is 7.99. The molecule has 104 valence electrons. The van der Waals surface area contributed by atoms with Crippen LogP contribution in [-0.4, -0.2) is 26.7 Å². The number of fused-ring (bicyclic) bond motifs is 1. The van der Waals surface area contributed by atoms with Gasteiger partial charge in [-0.3, -0.25) is 4.72 Å². The minimum Gasteiger partial charge on any atom is -0.324 e. The highest BCUT2D eigenvalue weighted by Crippen LogP contribution is 2.26. The van der Waals surface area contributed by atoms with Gasteiger partial charge < -0.3 is 4.57 Å². The van der Waals surface area contributed by atoms with E-state index in [1.807, 2.05) is 0 Å². The highest BCUT2D eigenvalue weighted by atomic mass is 35.5. The molecule has 0 atom stereocenters. The minimum absolute atomic E-state index is 0.0427. The number of hydrogen-bond acceptors (Lipinski definition) is 6. The van der Waals surface area contributed by atoms with E-state index < -0.39 is 10.0 Å². The number of rotatable bonds is 3. The maximum Gasteiger partial charge on any atom is 0.282 e. The van der Waals surface area contributed by atoms with Crippen LogP contribution in [0.15, 0.2) is 29.6 Å². The van der Waals surface area contributed by atoms with Crippen LogP contribution in [0, 0.1) is 0 Å². The molecule has 20 heavy (non-hydrogen) atoms. The summed E-state index contributed by atoms with van der Waals surface area (Å²) in [5.41, 5.74) is 1.47. The van der Waals surface area contributed by atoms with Gasteiger partial charge in [-0.2, -0.15) is 17.2 Å². The van der Waals surface area contributed by atoms with Gasteiger partial charge in [-0.15, -0.1) is 0 Å². The number of nitrogens with one attached hydrogen (secondary N) is 1. The first kappa shape index (κ1) is 13.3. The van der Waals surface area contributed by atoms with Crippen LogP contribution in [-0.2, 0) is 17.1 Å². The fourth-order valence-corrected chi connectivity index (χ4v) is 3.71. The van der Waals surface area contributed by atoms with Gasteiger partial charge in [0.2, 0.25) is 5.03 Å². The fourth-order valence-electron chi connectivity index (χ4n) is 1.66. The lowest BCUT2D eigenvalue weighted by atomic mass is 10.3. The number of halogens is 1. The zero-order valence-electron chi connectivity index (χ0n) is 10.1. The lowest BCUT2D eigenvalue weighted by molar-refractivity contribution is 0.598. The number of imidazole rings is 1. The molecule has 0 aliphatic carbocycles. The summed E-state index contributed by atoms with van der Waals surface area (Å²) in [7, 11) is -2.26. The third-order valence-electron chi connectivity index (χ3n) is 2.62. The van der Waals surface area contributed by atoms with Crippen LogP contribution in [0.4, 0.5) is 5.69 Å². The van der Waals surface area contributed by atoms with Crippen molar-refractivity contribution in [3.8, 4) is 0 Å². The third-order valence-corrected chi connectivity index (χ3v) is 5.02. The molecule has 10 heteroatoms. The minimum atomic E-state index is -3.87. The Bertz CT molecular complexity index is 886. The molecule has 2 aromatic heterocycles. The summed E-state index contributed by atoms with van der Waals surface area (Å²) in [4.78, 5) is 3.80. The average Bonchev–Trinajstić information content (AvgIpc) is 2.98. The Morgan fingerprint density at radius 1 is 1.35 bits per heavy atom. The molecule has 0 spiro atoms. The molecule has 0 saturated carbocycles. The number of nitrogens with zero attached hydrogens (tertiary/aromatic N) is 4. The van der Waals surface area contributed by atoms with Gasteiger partial charge in [-0.1, -0.05) is 17.7 Å². The fraction of sp³-hybridized carbons (Fsp3) is 0.100. The van der Waals surface area contributed by atoms with Crippen LogP contribution in [0.2, 0.25) is 5.15 Å². The molecule has 1 aromatic carbocycles. The van der Waals surface area contributed by atoms with Gasteiger partial charge in [0.05, 0.1) is 23.7 Å². The topological polar surface area (TPSA) is 89.8 Å². The molecule has 0 bridgehead atoms. The zero-order valence-corrected chi connectivity index (χ0v) is 12.5. The van der Waals surface area contributed by atoms with Crippen molar-refractivity contribution in [1.82, 2.24) is 18.3 Å². The molecule has 0 radical (unpaired) electrons. The second kappa shape index (κ2) is 4.69. The lowest BCUT2D eigenvalue weighted by Crippen LogP contribution is -2.14. The molecule has 7 nitrogen and oxygen atoms in total. The molecular formula is C10H8ClN5O2S2. The number of benzene rings is 1. The second-order valence-corrected chi connectivity index (χ2v) is 6.48. The summed E-state index contributed by atoms with van der Waals surface area (Å²) in [5, 5.41) is -0.178. The third kappa shape index (κ3) is 2.13. The van der Waals surface area contributed by atoms with Gasteiger partial charge in [-0.25, -0.2) is 4.98 Å². The van der Waals surface area contributed by atoms with E-state index >= 15 is 0 Å². The molecule has 1 N–H and O–H groups in total. The van der Waals surface area contributed by atoms with E-state index in [1.165, 1.54) is 10.9 Å². The smallest absolute Gasteiger partial charge is 0.282 e. The second-order valence-electron chi connectivity index (χ2n) is 3.99. The first-order chi connectivity index (χ1) is 9.49. The molecule has 2 heterocycles. The molecule has 0 unspecified atom stereocenters. The van der Waals surface area contributed by atoms with Crippen molar-refractivity contribution in [1.29, 1.82) is 0 Å². The number of hydrogen-bond donors (Lipinski definition) is 1. The molecule has 3 aromatic rings. The molecule has 0 aliphatic heterocycles. The quantitative estimate of drug-likeness (QED) is 0.792. The Hall–Kier alpha value is -1.71. The predicted molar refractivity (Wildman–Crippen MR) is 76.4 cm³/mol. The molecule has 0 amide bonds. The normalized spacial score (nSPS) is 11.9. The summed E-state index contributed by atoms with van der Waals surface area (Å²) in [5.74, 6) is 0. The first-order valence-electron chi connectivity index (χ1n) is 5.40. The average molecular weight is 330 g/mol. The standard InChI is InChI=1S/C10H8ClN5O2S2/c1-16-5-12-10(9(16)11)20(17,18)15-7-4-2-3-6-8(7)14-19-13-6/h2-5,15H,1H3. The van der Waals surface area contributed by atoms with E-state index in [2.05, 4.69) is 18.5 Å². The van der Waals surface area contributed by atoms with Gasteiger partial charge in [0.25, 0.3) is 10.0 Å². The summed E-state index contributed by atoms with van der Waals surface area (Å²) >= 11 is 6.93. The van der Waals surface area contributed by atoms with Crippen LogP contribution in [0.1, 0.15) is 0 Å². The highest BCUT2D eigenvalue weighted by Gasteiger charge is 2.23. The monoisotopic (exact) mass is 329 g/mol. The SMILES string of the molecule is Cn1cnc(S(=O)(=O)Nc2cccc3nsnc23)c1Cl. The zero-order chi connectivity index (χ0) is 14.3.